The summed E-state index contributed by atoms with van der Waals surface area (Å²) in [6, 6.07) is 17.4. The first-order valence-corrected chi connectivity index (χ1v) is 10.5. The van der Waals surface area contributed by atoms with E-state index in [-0.39, 0.29) is 5.91 Å². The fraction of sp³-hybridized carbons (Fsp3) is 0.136. The largest absolute Gasteiger partial charge is 0.278 e. The molecule has 2 heterocycles. The summed E-state index contributed by atoms with van der Waals surface area (Å²) in [4.78, 5) is 24.4. The average Bonchev–Trinajstić information content (AvgIpc) is 3.11. The summed E-state index contributed by atoms with van der Waals surface area (Å²) in [6.07, 6.45) is 1.74. The molecule has 4 aromatic rings. The molecule has 0 fully saturated rings. The Bertz CT molecular complexity index is 1160. The third-order valence-electron chi connectivity index (χ3n) is 4.45. The van der Waals surface area contributed by atoms with Crippen molar-refractivity contribution in [1.29, 1.82) is 0 Å². The van der Waals surface area contributed by atoms with E-state index in [2.05, 4.69) is 46.9 Å². The van der Waals surface area contributed by atoms with Gasteiger partial charge < -0.3 is 0 Å². The van der Waals surface area contributed by atoms with Gasteiger partial charge in [0, 0.05) is 10.7 Å². The molecule has 4 rings (SSSR count). The number of carbonyl (C=O) groups is 1. The highest BCUT2D eigenvalue weighted by molar-refractivity contribution is 9.10. The molecule has 0 atom stereocenters. The van der Waals surface area contributed by atoms with E-state index in [9.17, 15) is 4.79 Å². The van der Waals surface area contributed by atoms with Crippen molar-refractivity contribution in [1.82, 2.24) is 9.97 Å². The quantitative estimate of drug-likeness (QED) is 0.386. The van der Waals surface area contributed by atoms with E-state index in [1.807, 2.05) is 42.5 Å². The molecule has 0 aliphatic heterocycles. The van der Waals surface area contributed by atoms with Gasteiger partial charge in [-0.3, -0.25) is 14.7 Å². The molecule has 140 valence electrons. The van der Waals surface area contributed by atoms with Gasteiger partial charge in [0.2, 0.25) is 0 Å². The summed E-state index contributed by atoms with van der Waals surface area (Å²) < 4.78 is 1.85. The fourth-order valence-electron chi connectivity index (χ4n) is 3.13. The summed E-state index contributed by atoms with van der Waals surface area (Å²) >= 11 is 5.03. The fourth-order valence-corrected chi connectivity index (χ4v) is 4.73. The smallest absolute Gasteiger partial charge is 0.261 e. The topological polar surface area (TPSA) is 46.1 Å². The minimum absolute atomic E-state index is 0.105. The summed E-state index contributed by atoms with van der Waals surface area (Å²) in [5.74, 6) is -0.105. The number of amides is 1. The van der Waals surface area contributed by atoms with E-state index in [1.54, 1.807) is 11.1 Å². The van der Waals surface area contributed by atoms with Crippen LogP contribution >= 0.6 is 27.3 Å². The Kier molecular flexibility index (Phi) is 5.24. The Balaban J connectivity index is 1.82. The summed E-state index contributed by atoms with van der Waals surface area (Å²) in [7, 11) is 0. The molecule has 0 radical (unpaired) electrons. The molecular formula is C22H18BrN3OS. The lowest BCUT2D eigenvalue weighted by molar-refractivity contribution is 0.0984. The second-order valence-corrected chi connectivity index (χ2v) is 8.48. The van der Waals surface area contributed by atoms with E-state index in [0.717, 1.165) is 25.9 Å². The van der Waals surface area contributed by atoms with E-state index in [1.165, 1.54) is 16.9 Å². The Hall–Kier alpha value is -2.57. The summed E-state index contributed by atoms with van der Waals surface area (Å²) in [5, 5.41) is 0.676. The Morgan fingerprint density at radius 1 is 1.11 bits per heavy atom. The number of aromatic nitrogens is 2. The molecule has 6 heteroatoms. The number of thiazole rings is 1. The van der Waals surface area contributed by atoms with Gasteiger partial charge in [-0.05, 0) is 71.2 Å². The molecule has 0 bridgehead atoms. The Labute approximate surface area is 176 Å². The van der Waals surface area contributed by atoms with Gasteiger partial charge in [-0.1, -0.05) is 35.6 Å². The third kappa shape index (κ3) is 3.70. The van der Waals surface area contributed by atoms with E-state index in [0.29, 0.717) is 17.2 Å². The second-order valence-electron chi connectivity index (χ2n) is 6.62. The number of nitrogens with zero attached hydrogens (tertiary/aromatic N) is 3. The van der Waals surface area contributed by atoms with Crippen LogP contribution in [0.4, 0.5) is 5.13 Å². The Morgan fingerprint density at radius 3 is 2.64 bits per heavy atom. The van der Waals surface area contributed by atoms with Gasteiger partial charge in [0.25, 0.3) is 5.91 Å². The number of carbonyl (C=O) groups excluding carboxylic acids is 1. The molecule has 0 unspecified atom stereocenters. The number of anilines is 1. The molecule has 1 amide bonds. The van der Waals surface area contributed by atoms with Gasteiger partial charge in [-0.25, -0.2) is 4.98 Å². The zero-order valence-electron chi connectivity index (χ0n) is 15.5. The van der Waals surface area contributed by atoms with Crippen LogP contribution in [0.15, 0.2) is 65.3 Å². The maximum Gasteiger partial charge on any atom is 0.261 e. The highest BCUT2D eigenvalue weighted by Gasteiger charge is 2.24. The van der Waals surface area contributed by atoms with Gasteiger partial charge in [0.05, 0.1) is 28.0 Å². The lowest BCUT2D eigenvalue weighted by Gasteiger charge is -2.20. The maximum absolute atomic E-state index is 13.4. The van der Waals surface area contributed by atoms with Crippen molar-refractivity contribution in [2.75, 3.05) is 4.90 Å². The Morgan fingerprint density at radius 2 is 1.89 bits per heavy atom. The lowest BCUT2D eigenvalue weighted by Crippen LogP contribution is -2.31. The normalized spacial score (nSPS) is 11.0. The van der Waals surface area contributed by atoms with Crippen LogP contribution in [0.5, 0.6) is 0 Å². The average molecular weight is 452 g/mol. The number of fused-ring (bicyclic) bond motifs is 1. The molecular weight excluding hydrogens is 434 g/mol. The van der Waals surface area contributed by atoms with E-state index >= 15 is 0 Å². The van der Waals surface area contributed by atoms with Crippen LogP contribution in [0.1, 0.15) is 27.2 Å². The van der Waals surface area contributed by atoms with E-state index < -0.39 is 0 Å². The monoisotopic (exact) mass is 451 g/mol. The van der Waals surface area contributed by atoms with Crippen LogP contribution in [0, 0.1) is 13.8 Å². The molecule has 0 spiro atoms. The number of aryl methyl sites for hydroxylation is 2. The number of hydrogen-bond donors (Lipinski definition) is 0. The van der Waals surface area contributed by atoms with Crippen molar-refractivity contribution in [3.63, 3.8) is 0 Å². The molecule has 2 aromatic heterocycles. The van der Waals surface area contributed by atoms with Crippen molar-refractivity contribution < 1.29 is 4.79 Å². The molecule has 2 aromatic carbocycles. The zero-order chi connectivity index (χ0) is 19.7. The second kappa shape index (κ2) is 7.81. The minimum Gasteiger partial charge on any atom is -0.278 e. The lowest BCUT2D eigenvalue weighted by atomic mass is 10.1. The number of hydrogen-bond acceptors (Lipinski definition) is 4. The van der Waals surface area contributed by atoms with Crippen molar-refractivity contribution in [2.45, 2.75) is 20.4 Å². The van der Waals surface area contributed by atoms with Crippen molar-refractivity contribution in [3.8, 4) is 0 Å². The van der Waals surface area contributed by atoms with Gasteiger partial charge in [0.15, 0.2) is 5.13 Å². The SMILES string of the molecule is Cc1cc(C)c2nc(N(Cc3ccccn3)C(=O)c3ccccc3Br)sc2c1. The van der Waals surface area contributed by atoms with Crippen molar-refractivity contribution in [3.05, 3.63) is 87.7 Å². The molecule has 0 aliphatic rings. The van der Waals surface area contributed by atoms with Gasteiger partial charge >= 0.3 is 0 Å². The maximum atomic E-state index is 13.4. The number of rotatable bonds is 4. The standard InChI is InChI=1S/C22H18BrN3OS/c1-14-11-15(2)20-19(12-14)28-22(25-20)26(13-16-7-5-6-10-24-16)21(27)17-8-3-4-9-18(17)23/h3-12H,13H2,1-2H3. The number of pyridine rings is 1. The predicted octanol–water partition coefficient (Wildman–Crippen LogP) is 5.92. The first-order valence-electron chi connectivity index (χ1n) is 8.87. The van der Waals surface area contributed by atoms with Crippen molar-refractivity contribution >= 4 is 48.5 Å². The summed E-state index contributed by atoms with van der Waals surface area (Å²) in [6.45, 7) is 4.49. The zero-order valence-corrected chi connectivity index (χ0v) is 17.9. The van der Waals surface area contributed by atoms with Gasteiger partial charge in [-0.15, -0.1) is 0 Å². The van der Waals surface area contributed by atoms with Gasteiger partial charge in [-0.2, -0.15) is 0 Å². The highest BCUT2D eigenvalue weighted by atomic mass is 79.9. The molecule has 0 saturated heterocycles. The minimum atomic E-state index is -0.105. The van der Waals surface area contributed by atoms with E-state index in [4.69, 9.17) is 4.98 Å². The molecule has 0 aliphatic carbocycles. The van der Waals surface area contributed by atoms with Crippen molar-refractivity contribution in [2.24, 2.45) is 0 Å². The van der Waals surface area contributed by atoms with Crippen LogP contribution in [0.3, 0.4) is 0 Å². The predicted molar refractivity (Wildman–Crippen MR) is 118 cm³/mol. The van der Waals surface area contributed by atoms with Crippen LogP contribution < -0.4 is 4.90 Å². The van der Waals surface area contributed by atoms with Crippen LogP contribution in [-0.2, 0) is 6.54 Å². The van der Waals surface area contributed by atoms with Crippen LogP contribution in [0.25, 0.3) is 10.2 Å². The molecule has 0 saturated carbocycles. The third-order valence-corrected chi connectivity index (χ3v) is 6.16. The van der Waals surface area contributed by atoms with Crippen LogP contribution in [-0.4, -0.2) is 15.9 Å². The molecule has 4 nitrogen and oxygen atoms in total. The molecule has 28 heavy (non-hydrogen) atoms. The van der Waals surface area contributed by atoms with Gasteiger partial charge in [0.1, 0.15) is 0 Å². The number of halogens is 1. The first kappa shape index (κ1) is 18.8. The summed E-state index contributed by atoms with van der Waals surface area (Å²) in [5.41, 5.74) is 4.66. The highest BCUT2D eigenvalue weighted by Crippen LogP contribution is 2.33. The number of benzene rings is 2. The molecule has 0 N–H and O–H groups in total. The van der Waals surface area contributed by atoms with Crippen LogP contribution in [0.2, 0.25) is 0 Å². The first-order chi connectivity index (χ1) is 13.5.